The number of piperazine rings is 1. The summed E-state index contributed by atoms with van der Waals surface area (Å²) in [6, 6.07) is 30.0. The molecule has 2 atom stereocenters. The first-order valence-corrected chi connectivity index (χ1v) is 27.1. The molecule has 6 heterocycles. The van der Waals surface area contributed by atoms with Gasteiger partial charge in [0.25, 0.3) is 5.91 Å². The minimum atomic E-state index is -1.10. The fourth-order valence-electron chi connectivity index (χ4n) is 11.9. The second-order valence-electron chi connectivity index (χ2n) is 20.7. The second kappa shape index (κ2) is 21.0. The zero-order valence-electron chi connectivity index (χ0n) is 42.3. The van der Waals surface area contributed by atoms with Crippen LogP contribution in [-0.2, 0) is 29.6 Å². The van der Waals surface area contributed by atoms with Gasteiger partial charge in [0, 0.05) is 74.4 Å². The van der Waals surface area contributed by atoms with E-state index < -0.39 is 11.9 Å². The predicted octanol–water partition coefficient (Wildman–Crippen LogP) is 9.91. The van der Waals surface area contributed by atoms with E-state index >= 15 is 0 Å². The quantitative estimate of drug-likeness (QED) is 0.0696. The average Bonchev–Trinajstić information content (AvgIpc) is 3.97. The molecule has 1 saturated carbocycles. The van der Waals surface area contributed by atoms with Crippen molar-refractivity contribution in [3.05, 3.63) is 125 Å². The smallest absolute Gasteiger partial charge is 0.355 e. The lowest BCUT2D eigenvalue weighted by atomic mass is 9.84. The minimum Gasteiger partial charge on any atom is -0.490 e. The highest BCUT2D eigenvalue weighted by Gasteiger charge is 2.33. The van der Waals surface area contributed by atoms with E-state index in [1.54, 1.807) is 0 Å². The van der Waals surface area contributed by atoms with Crippen molar-refractivity contribution in [1.82, 2.24) is 30.0 Å². The van der Waals surface area contributed by atoms with Crippen LogP contribution < -0.4 is 25.2 Å². The summed E-state index contributed by atoms with van der Waals surface area (Å²) in [7, 11) is 1.92. The van der Waals surface area contributed by atoms with Gasteiger partial charge < -0.3 is 19.6 Å². The molecule has 0 radical (unpaired) electrons. The number of thiazole rings is 1. The molecule has 382 valence electrons. The number of aryl methyl sites for hydroxylation is 1. The number of nitrogens with one attached hydrogen (secondary N) is 2. The number of imide groups is 1. The number of aromatic carboxylic acids is 1. The molecule has 4 aliphatic rings. The molecule has 3 N–H and O–H groups in total. The van der Waals surface area contributed by atoms with Gasteiger partial charge >= 0.3 is 5.97 Å². The van der Waals surface area contributed by atoms with E-state index in [1.807, 2.05) is 85.4 Å². The molecule has 0 spiro atoms. The number of amides is 3. The van der Waals surface area contributed by atoms with E-state index in [9.17, 15) is 24.3 Å². The van der Waals surface area contributed by atoms with Gasteiger partial charge in [-0.25, -0.2) is 14.8 Å². The molecule has 15 nitrogen and oxygen atoms in total. The summed E-state index contributed by atoms with van der Waals surface area (Å²) in [4.78, 5) is 67.5. The van der Waals surface area contributed by atoms with Gasteiger partial charge in [0.2, 0.25) is 11.8 Å². The van der Waals surface area contributed by atoms with Gasteiger partial charge in [-0.15, -0.1) is 0 Å². The molecule has 4 aromatic carbocycles. The molecule has 1 aliphatic carbocycles. The Hall–Kier alpha value is -7.17. The third kappa shape index (κ3) is 10.1. The fraction of sp³-hybridized carbons (Fsp3) is 0.397. The first-order valence-electron chi connectivity index (χ1n) is 26.3. The Labute approximate surface area is 434 Å². The summed E-state index contributed by atoms with van der Waals surface area (Å²) in [5.74, 6) is -0.187. The number of benzene rings is 4. The Morgan fingerprint density at radius 2 is 1.72 bits per heavy atom. The van der Waals surface area contributed by atoms with Crippen LogP contribution in [0.2, 0.25) is 0 Å². The number of hydrogen-bond donors (Lipinski definition) is 3. The van der Waals surface area contributed by atoms with E-state index in [4.69, 9.17) is 14.8 Å². The number of ether oxygens (including phenoxy) is 1. The number of anilines is 3. The number of piperidine rings is 1. The molecule has 2 saturated heterocycles. The molecule has 2 unspecified atom stereocenters. The van der Waals surface area contributed by atoms with Crippen LogP contribution in [0.3, 0.4) is 0 Å². The number of carbonyl (C=O) groups is 4. The molecule has 3 amide bonds. The first kappa shape index (κ1) is 49.1. The first-order chi connectivity index (χ1) is 35.9. The van der Waals surface area contributed by atoms with Crippen LogP contribution >= 0.6 is 11.3 Å². The summed E-state index contributed by atoms with van der Waals surface area (Å²) in [5, 5.41) is 22.3. The standard InChI is InChI=1S/C58H63N9O6S/c1-35-33-65(30-31-67(35)39-19-22-44-48(32-39)64(3)63-53(44)45-24-26-52(68)61-56(45)70)28-7-6-10-37-17-20-40(21-18-37)73-49-15-9-12-41(36(49)2)42-23-25-51(60-54(42)57(71)72)66-29-27-38-11-8-13-43(46(38)34-66)55(69)62-58-59-47-14-4-5-16-50(47)74-58/h4-5,8-9,11-16,19,22-23,25,32,35,37,40,45H,6-7,10,17-18,20-21,24,26-31,33-34H2,1-3H3,(H,71,72)(H,59,62,69)(H,61,68,70). The van der Waals surface area contributed by atoms with Crippen LogP contribution in [0.4, 0.5) is 16.6 Å². The summed E-state index contributed by atoms with van der Waals surface area (Å²) < 4.78 is 9.56. The molecule has 0 bridgehead atoms. The fourth-order valence-corrected chi connectivity index (χ4v) is 12.7. The average molecular weight is 1010 g/mol. The number of hydrogen-bond acceptors (Lipinski definition) is 12. The van der Waals surface area contributed by atoms with Gasteiger partial charge in [0.05, 0.1) is 33.4 Å². The van der Waals surface area contributed by atoms with E-state index in [-0.39, 0.29) is 29.5 Å². The highest BCUT2D eigenvalue weighted by molar-refractivity contribution is 7.22. The zero-order chi connectivity index (χ0) is 51.0. The summed E-state index contributed by atoms with van der Waals surface area (Å²) in [5.41, 5.74) is 8.52. The van der Waals surface area contributed by atoms with Crippen molar-refractivity contribution >= 4 is 72.8 Å². The molecule has 3 aliphatic heterocycles. The number of pyridine rings is 1. The third-order valence-corrected chi connectivity index (χ3v) is 16.9. The predicted molar refractivity (Wildman–Crippen MR) is 289 cm³/mol. The van der Waals surface area contributed by atoms with Crippen molar-refractivity contribution < 1.29 is 29.0 Å². The van der Waals surface area contributed by atoms with Crippen molar-refractivity contribution in [2.24, 2.45) is 13.0 Å². The van der Waals surface area contributed by atoms with E-state index in [0.717, 1.165) is 107 Å². The molecule has 74 heavy (non-hydrogen) atoms. The van der Waals surface area contributed by atoms with Crippen molar-refractivity contribution in [2.75, 3.05) is 47.8 Å². The summed E-state index contributed by atoms with van der Waals surface area (Å²) in [6.07, 6.45) is 9.52. The third-order valence-electron chi connectivity index (χ3n) is 15.9. The number of carbonyl (C=O) groups excluding carboxylic acids is 3. The Morgan fingerprint density at radius 1 is 0.878 bits per heavy atom. The highest BCUT2D eigenvalue weighted by atomic mass is 32.1. The van der Waals surface area contributed by atoms with Gasteiger partial charge in [0.15, 0.2) is 10.8 Å². The highest BCUT2D eigenvalue weighted by Crippen LogP contribution is 2.38. The number of fused-ring (bicyclic) bond motifs is 3. The SMILES string of the molecule is Cc1c(OC2CCC(CCCCN3CCN(c4ccc5c(C6CCC(=O)NC6=O)nn(C)c5c4)C(C)C3)CC2)cccc1-c1ccc(N2CCc3cccc(C(=O)Nc4nc5ccccc5s4)c3C2)nc1C(=O)O. The van der Waals surface area contributed by atoms with Gasteiger partial charge in [-0.05, 0) is 148 Å². The molecule has 7 aromatic rings. The van der Waals surface area contributed by atoms with Crippen LogP contribution in [0, 0.1) is 12.8 Å². The van der Waals surface area contributed by atoms with E-state index in [0.29, 0.717) is 66.4 Å². The van der Waals surface area contributed by atoms with Crippen LogP contribution in [-0.4, -0.2) is 98.3 Å². The molecular weight excluding hydrogens is 951 g/mol. The summed E-state index contributed by atoms with van der Waals surface area (Å²) >= 11 is 1.44. The van der Waals surface area contributed by atoms with Crippen LogP contribution in [0.15, 0.2) is 91.0 Å². The summed E-state index contributed by atoms with van der Waals surface area (Å²) in [6.45, 7) is 9.44. The lowest BCUT2D eigenvalue weighted by Crippen LogP contribution is -2.52. The molecular formula is C58H63N9O6S. The van der Waals surface area contributed by atoms with Crippen LogP contribution in [0.5, 0.6) is 5.75 Å². The number of carboxylic acids is 1. The number of carboxylic acid groups (broad SMARTS) is 1. The van der Waals surface area contributed by atoms with Gasteiger partial charge in [-0.2, -0.15) is 5.10 Å². The molecule has 3 aromatic heterocycles. The molecule has 16 heteroatoms. The minimum absolute atomic E-state index is 0.0173. The van der Waals surface area contributed by atoms with Crippen molar-refractivity contribution in [3.63, 3.8) is 0 Å². The Morgan fingerprint density at radius 3 is 2.53 bits per heavy atom. The van der Waals surface area contributed by atoms with Crippen molar-refractivity contribution in [3.8, 4) is 16.9 Å². The molecule has 11 rings (SSSR count). The Balaban J connectivity index is 0.654. The van der Waals surface area contributed by atoms with E-state index in [1.165, 1.54) is 36.3 Å². The van der Waals surface area contributed by atoms with Crippen molar-refractivity contribution in [2.45, 2.75) is 103 Å². The largest absolute Gasteiger partial charge is 0.490 e. The van der Waals surface area contributed by atoms with E-state index in [2.05, 4.69) is 61.5 Å². The Bertz CT molecular complexity index is 3250. The normalized spacial score (nSPS) is 20.4. The Kier molecular flexibility index (Phi) is 13.9. The monoisotopic (exact) mass is 1010 g/mol. The van der Waals surface area contributed by atoms with Gasteiger partial charge in [0.1, 0.15) is 11.6 Å². The molecule has 3 fully saturated rings. The number of aromatic nitrogens is 4. The lowest BCUT2D eigenvalue weighted by molar-refractivity contribution is -0.134. The number of unbranched alkanes of at least 4 members (excludes halogenated alkanes) is 1. The van der Waals surface area contributed by atoms with Crippen molar-refractivity contribution in [1.29, 1.82) is 0 Å². The lowest BCUT2D eigenvalue weighted by Gasteiger charge is -2.41. The van der Waals surface area contributed by atoms with Crippen LogP contribution in [0.25, 0.3) is 32.2 Å². The number of para-hydroxylation sites is 1. The number of nitrogens with zero attached hydrogens (tertiary/aromatic N) is 7. The van der Waals surface area contributed by atoms with Crippen LogP contribution in [0.1, 0.15) is 114 Å². The zero-order valence-corrected chi connectivity index (χ0v) is 43.1. The topological polar surface area (TPSA) is 175 Å². The van der Waals surface area contributed by atoms with Gasteiger partial charge in [-0.3, -0.25) is 34.6 Å². The number of rotatable bonds is 14. The maximum atomic E-state index is 13.7. The second-order valence-corrected chi connectivity index (χ2v) is 21.7. The maximum Gasteiger partial charge on any atom is 0.355 e. The van der Waals surface area contributed by atoms with Gasteiger partial charge in [-0.1, -0.05) is 60.6 Å². The maximum absolute atomic E-state index is 13.7.